The van der Waals surface area contributed by atoms with Crippen LogP contribution in [-0.2, 0) is 6.54 Å². The van der Waals surface area contributed by atoms with E-state index >= 15 is 0 Å². The Bertz CT molecular complexity index is 734. The minimum atomic E-state index is 0.236. The molecule has 0 unspecified atom stereocenters. The van der Waals surface area contributed by atoms with Crippen LogP contribution in [0.3, 0.4) is 0 Å². The quantitative estimate of drug-likeness (QED) is 0.679. The van der Waals surface area contributed by atoms with E-state index in [1.165, 1.54) is 0 Å². The topological polar surface area (TPSA) is 57.3 Å². The first-order valence-electron chi connectivity index (χ1n) is 6.43. The Morgan fingerprint density at radius 1 is 1.15 bits per heavy atom. The van der Waals surface area contributed by atoms with Crippen LogP contribution in [0.25, 0.3) is 10.9 Å². The summed E-state index contributed by atoms with van der Waals surface area (Å²) < 4.78 is 5.07. The number of anilines is 1. The number of phenolic OH excluding ortho intramolecular Hbond substituents is 1. The molecule has 0 aliphatic rings. The van der Waals surface area contributed by atoms with Gasteiger partial charge in [0.1, 0.15) is 11.5 Å². The highest BCUT2D eigenvalue weighted by Crippen LogP contribution is 2.25. The number of hydrogen-bond acceptors (Lipinski definition) is 3. The van der Waals surface area contributed by atoms with Crippen molar-refractivity contribution in [2.75, 3.05) is 12.4 Å². The van der Waals surface area contributed by atoms with E-state index in [4.69, 9.17) is 4.74 Å². The van der Waals surface area contributed by atoms with Gasteiger partial charge in [-0.15, -0.1) is 0 Å². The molecule has 3 N–H and O–H groups in total. The summed E-state index contributed by atoms with van der Waals surface area (Å²) in [5.74, 6) is 0.888. The molecule has 0 saturated carbocycles. The van der Waals surface area contributed by atoms with Crippen molar-refractivity contribution in [2.24, 2.45) is 0 Å². The highest BCUT2D eigenvalue weighted by molar-refractivity contribution is 5.82. The molecule has 2 aromatic carbocycles. The largest absolute Gasteiger partial charge is 0.507 e. The number of fused-ring (bicyclic) bond motifs is 1. The molecule has 0 fully saturated rings. The van der Waals surface area contributed by atoms with Gasteiger partial charge in [0, 0.05) is 41.0 Å². The summed E-state index contributed by atoms with van der Waals surface area (Å²) in [5, 5.41) is 14.4. The molecule has 102 valence electrons. The average molecular weight is 268 g/mol. The standard InChI is InChI=1S/C16H16N2O2/c1-20-14-4-2-12(16(19)9-14)10-18-13-3-5-15-11(8-13)6-7-17-15/h2-9,17-19H,10H2,1H3. The fourth-order valence-corrected chi connectivity index (χ4v) is 2.18. The van der Waals surface area contributed by atoms with Gasteiger partial charge in [0.25, 0.3) is 0 Å². The smallest absolute Gasteiger partial charge is 0.124 e. The van der Waals surface area contributed by atoms with Crippen molar-refractivity contribution in [1.82, 2.24) is 4.98 Å². The van der Waals surface area contributed by atoms with Crippen LogP contribution in [0, 0.1) is 0 Å². The lowest BCUT2D eigenvalue weighted by molar-refractivity contribution is 0.406. The molecule has 0 atom stereocenters. The lowest BCUT2D eigenvalue weighted by Crippen LogP contribution is -1.99. The summed E-state index contributed by atoms with van der Waals surface area (Å²) in [4.78, 5) is 3.16. The Morgan fingerprint density at radius 2 is 2.05 bits per heavy atom. The normalized spacial score (nSPS) is 10.7. The van der Waals surface area contributed by atoms with Crippen LogP contribution in [0.15, 0.2) is 48.7 Å². The van der Waals surface area contributed by atoms with Gasteiger partial charge in [-0.05, 0) is 36.4 Å². The van der Waals surface area contributed by atoms with E-state index in [9.17, 15) is 5.11 Å². The zero-order valence-corrected chi connectivity index (χ0v) is 11.2. The first kappa shape index (κ1) is 12.4. The maximum atomic E-state index is 9.91. The Kier molecular flexibility index (Phi) is 3.21. The fourth-order valence-electron chi connectivity index (χ4n) is 2.18. The molecule has 3 rings (SSSR count). The number of aromatic amines is 1. The highest BCUT2D eigenvalue weighted by Gasteiger charge is 2.03. The van der Waals surface area contributed by atoms with Crippen LogP contribution in [0.2, 0.25) is 0 Å². The molecule has 4 nitrogen and oxygen atoms in total. The first-order valence-corrected chi connectivity index (χ1v) is 6.43. The van der Waals surface area contributed by atoms with Crippen molar-refractivity contribution < 1.29 is 9.84 Å². The van der Waals surface area contributed by atoms with Gasteiger partial charge >= 0.3 is 0 Å². The summed E-state index contributed by atoms with van der Waals surface area (Å²) in [6, 6.07) is 13.5. The minimum Gasteiger partial charge on any atom is -0.507 e. The van der Waals surface area contributed by atoms with Gasteiger partial charge in [-0.3, -0.25) is 0 Å². The molecule has 0 spiro atoms. The van der Waals surface area contributed by atoms with Crippen LogP contribution < -0.4 is 10.1 Å². The molecule has 20 heavy (non-hydrogen) atoms. The van der Waals surface area contributed by atoms with Gasteiger partial charge in [-0.25, -0.2) is 0 Å². The summed E-state index contributed by atoms with van der Waals surface area (Å²) in [7, 11) is 1.58. The first-order chi connectivity index (χ1) is 9.76. The van der Waals surface area contributed by atoms with Gasteiger partial charge in [-0.1, -0.05) is 0 Å². The molecule has 0 aliphatic carbocycles. The highest BCUT2D eigenvalue weighted by atomic mass is 16.5. The number of rotatable bonds is 4. The van der Waals surface area contributed by atoms with Crippen molar-refractivity contribution in [1.29, 1.82) is 0 Å². The molecule has 1 heterocycles. The number of methoxy groups -OCH3 is 1. The monoisotopic (exact) mass is 268 g/mol. The lowest BCUT2D eigenvalue weighted by atomic mass is 10.1. The summed E-state index contributed by atoms with van der Waals surface area (Å²) >= 11 is 0. The van der Waals surface area contributed by atoms with Crippen molar-refractivity contribution in [3.8, 4) is 11.5 Å². The number of benzene rings is 2. The molecule has 1 aromatic heterocycles. The molecule has 4 heteroatoms. The molecule has 0 bridgehead atoms. The van der Waals surface area contributed by atoms with Gasteiger partial charge in [-0.2, -0.15) is 0 Å². The van der Waals surface area contributed by atoms with E-state index in [1.54, 1.807) is 13.2 Å². The van der Waals surface area contributed by atoms with E-state index in [0.29, 0.717) is 12.3 Å². The number of nitrogens with one attached hydrogen (secondary N) is 2. The third kappa shape index (κ3) is 2.40. The average Bonchev–Trinajstić information content (AvgIpc) is 2.93. The molecule has 3 aromatic rings. The minimum absolute atomic E-state index is 0.236. The Morgan fingerprint density at radius 3 is 2.85 bits per heavy atom. The summed E-state index contributed by atoms with van der Waals surface area (Å²) in [5.41, 5.74) is 2.97. The summed E-state index contributed by atoms with van der Waals surface area (Å²) in [6.07, 6.45) is 1.92. The number of hydrogen-bond donors (Lipinski definition) is 3. The molecule has 0 saturated heterocycles. The number of H-pyrrole nitrogens is 1. The van der Waals surface area contributed by atoms with Crippen LogP contribution in [-0.4, -0.2) is 17.2 Å². The van der Waals surface area contributed by atoms with E-state index < -0.39 is 0 Å². The second kappa shape index (κ2) is 5.17. The van der Waals surface area contributed by atoms with E-state index in [2.05, 4.69) is 16.4 Å². The van der Waals surface area contributed by atoms with Gasteiger partial charge in [0.05, 0.1) is 7.11 Å². The maximum Gasteiger partial charge on any atom is 0.124 e. The van der Waals surface area contributed by atoms with Crippen molar-refractivity contribution in [3.63, 3.8) is 0 Å². The van der Waals surface area contributed by atoms with Gasteiger partial charge < -0.3 is 20.1 Å². The van der Waals surface area contributed by atoms with E-state index in [-0.39, 0.29) is 5.75 Å². The zero-order valence-electron chi connectivity index (χ0n) is 11.2. The second-order valence-corrected chi connectivity index (χ2v) is 4.63. The predicted molar refractivity (Wildman–Crippen MR) is 80.3 cm³/mol. The molecular weight excluding hydrogens is 252 g/mol. The third-order valence-electron chi connectivity index (χ3n) is 3.33. The Balaban J connectivity index is 1.75. The van der Waals surface area contributed by atoms with E-state index in [1.807, 2.05) is 36.5 Å². The Hall–Kier alpha value is -2.62. The molecule has 0 amide bonds. The van der Waals surface area contributed by atoms with Crippen molar-refractivity contribution in [3.05, 3.63) is 54.2 Å². The zero-order chi connectivity index (χ0) is 13.9. The van der Waals surface area contributed by atoms with Crippen LogP contribution in [0.5, 0.6) is 11.5 Å². The molecule has 0 radical (unpaired) electrons. The van der Waals surface area contributed by atoms with Crippen LogP contribution >= 0.6 is 0 Å². The third-order valence-corrected chi connectivity index (χ3v) is 3.33. The lowest BCUT2D eigenvalue weighted by Gasteiger charge is -2.09. The van der Waals surface area contributed by atoms with Crippen LogP contribution in [0.1, 0.15) is 5.56 Å². The Labute approximate surface area is 117 Å². The number of aromatic nitrogens is 1. The van der Waals surface area contributed by atoms with Crippen LogP contribution in [0.4, 0.5) is 5.69 Å². The summed E-state index contributed by atoms with van der Waals surface area (Å²) in [6.45, 7) is 0.561. The van der Waals surface area contributed by atoms with E-state index in [0.717, 1.165) is 22.2 Å². The predicted octanol–water partition coefficient (Wildman–Crippen LogP) is 3.49. The fraction of sp³-hybridized carbons (Fsp3) is 0.125. The number of ether oxygens (including phenoxy) is 1. The molecule has 0 aliphatic heterocycles. The number of phenols is 1. The number of aromatic hydroxyl groups is 1. The van der Waals surface area contributed by atoms with Crippen molar-refractivity contribution >= 4 is 16.6 Å². The SMILES string of the molecule is COc1ccc(CNc2ccc3[nH]ccc3c2)c(O)c1. The van der Waals surface area contributed by atoms with Gasteiger partial charge in [0.2, 0.25) is 0 Å². The van der Waals surface area contributed by atoms with Crippen molar-refractivity contribution in [2.45, 2.75) is 6.54 Å². The maximum absolute atomic E-state index is 9.91. The second-order valence-electron chi connectivity index (χ2n) is 4.63. The molecular formula is C16H16N2O2. The van der Waals surface area contributed by atoms with Gasteiger partial charge in [0.15, 0.2) is 0 Å².